The van der Waals surface area contributed by atoms with Crippen LogP contribution in [-0.2, 0) is 9.47 Å². The van der Waals surface area contributed by atoms with Gasteiger partial charge in [-0.2, -0.15) is 0 Å². The van der Waals surface area contributed by atoms with Gasteiger partial charge in [-0.1, -0.05) is 18.2 Å². The minimum atomic E-state index is -0.687. The van der Waals surface area contributed by atoms with Crippen molar-refractivity contribution < 1.29 is 23.5 Å². The molecule has 0 aliphatic rings. The fraction of sp³-hybridized carbons (Fsp3) is 0.167. The smallest absolute Gasteiger partial charge is 0.339 e. The molecule has 0 aliphatic heterocycles. The zero-order valence-electron chi connectivity index (χ0n) is 13.5. The Hall–Kier alpha value is -3.02. The van der Waals surface area contributed by atoms with E-state index in [2.05, 4.69) is 9.73 Å². The van der Waals surface area contributed by atoms with Crippen molar-refractivity contribution in [2.45, 2.75) is 6.92 Å². The molecule has 2 rings (SSSR count). The number of halogens is 1. The summed E-state index contributed by atoms with van der Waals surface area (Å²) in [5.41, 5.74) is 1.30. The molecule has 0 fully saturated rings. The van der Waals surface area contributed by atoms with E-state index in [1.54, 1.807) is 31.2 Å². The molecule has 2 aromatic carbocycles. The molecule has 0 bridgehead atoms. The molecule has 0 spiro atoms. The molecule has 24 heavy (non-hydrogen) atoms. The normalized spacial score (nSPS) is 10.7. The highest BCUT2D eigenvalue weighted by atomic mass is 19.1. The Labute approximate surface area is 138 Å². The van der Waals surface area contributed by atoms with Crippen LogP contribution in [0.3, 0.4) is 0 Å². The van der Waals surface area contributed by atoms with E-state index in [-0.39, 0.29) is 16.9 Å². The van der Waals surface area contributed by atoms with Crippen molar-refractivity contribution in [1.29, 1.82) is 0 Å². The fourth-order valence-electron chi connectivity index (χ4n) is 2.16. The summed E-state index contributed by atoms with van der Waals surface area (Å²) in [4.78, 5) is 28.1. The summed E-state index contributed by atoms with van der Waals surface area (Å²) in [6.45, 7) is 1.61. The van der Waals surface area contributed by atoms with Crippen LogP contribution in [0.25, 0.3) is 0 Å². The maximum atomic E-state index is 13.6. The van der Waals surface area contributed by atoms with Crippen molar-refractivity contribution in [3.63, 3.8) is 0 Å². The van der Waals surface area contributed by atoms with Crippen molar-refractivity contribution in [2.75, 3.05) is 14.2 Å². The molecule has 0 unspecified atom stereocenters. The van der Waals surface area contributed by atoms with Crippen LogP contribution in [0.1, 0.15) is 31.8 Å². The van der Waals surface area contributed by atoms with Crippen LogP contribution in [0.5, 0.6) is 0 Å². The third-order valence-corrected chi connectivity index (χ3v) is 3.47. The fourth-order valence-corrected chi connectivity index (χ4v) is 2.16. The van der Waals surface area contributed by atoms with Gasteiger partial charge in [-0.05, 0) is 25.1 Å². The molecule has 0 N–H and O–H groups in total. The lowest BCUT2D eigenvalue weighted by atomic mass is 10.0. The number of benzene rings is 2. The molecule has 2 aromatic rings. The van der Waals surface area contributed by atoms with Crippen LogP contribution in [0.15, 0.2) is 41.4 Å². The van der Waals surface area contributed by atoms with Crippen LogP contribution in [0.2, 0.25) is 0 Å². The van der Waals surface area contributed by atoms with Gasteiger partial charge in [0.1, 0.15) is 5.82 Å². The average molecular weight is 329 g/mol. The molecule has 6 heteroatoms. The second-order valence-electron chi connectivity index (χ2n) is 4.90. The number of hydrogen-bond donors (Lipinski definition) is 0. The van der Waals surface area contributed by atoms with Crippen LogP contribution in [-0.4, -0.2) is 32.4 Å². The Kier molecular flexibility index (Phi) is 5.42. The molecule has 124 valence electrons. The highest BCUT2D eigenvalue weighted by Crippen LogP contribution is 2.22. The SMILES string of the molecule is COC(=O)c1cccc(/C=N\c2cccc(F)c2C)c1C(=O)OC. The monoisotopic (exact) mass is 329 g/mol. The summed E-state index contributed by atoms with van der Waals surface area (Å²) in [7, 11) is 2.44. The number of carbonyl (C=O) groups excluding carboxylic acids is 2. The van der Waals surface area contributed by atoms with E-state index >= 15 is 0 Å². The van der Waals surface area contributed by atoms with Gasteiger partial charge in [-0.25, -0.2) is 14.0 Å². The van der Waals surface area contributed by atoms with Gasteiger partial charge in [-0.15, -0.1) is 0 Å². The summed E-state index contributed by atoms with van der Waals surface area (Å²) in [5, 5.41) is 0. The van der Waals surface area contributed by atoms with Crippen LogP contribution >= 0.6 is 0 Å². The highest BCUT2D eigenvalue weighted by molar-refractivity contribution is 6.08. The number of aliphatic imine (C=N–C) groups is 1. The van der Waals surface area contributed by atoms with Crippen LogP contribution in [0, 0.1) is 12.7 Å². The number of hydrogen-bond acceptors (Lipinski definition) is 5. The third kappa shape index (κ3) is 3.48. The Balaban J connectivity index is 2.54. The Morgan fingerprint density at radius 1 is 1.04 bits per heavy atom. The van der Waals surface area contributed by atoms with Gasteiger partial charge in [0.25, 0.3) is 0 Å². The van der Waals surface area contributed by atoms with Crippen molar-refractivity contribution in [2.24, 2.45) is 4.99 Å². The summed E-state index contributed by atoms with van der Waals surface area (Å²) in [5.74, 6) is -1.72. The summed E-state index contributed by atoms with van der Waals surface area (Å²) >= 11 is 0. The zero-order chi connectivity index (χ0) is 17.7. The molecule has 0 atom stereocenters. The Bertz CT molecular complexity index is 815. The van der Waals surface area contributed by atoms with Gasteiger partial charge in [0.15, 0.2) is 0 Å². The molecule has 0 saturated carbocycles. The minimum Gasteiger partial charge on any atom is -0.465 e. The lowest BCUT2D eigenvalue weighted by molar-refractivity contribution is 0.0555. The predicted octanol–water partition coefficient (Wildman–Crippen LogP) is 3.46. The lowest BCUT2D eigenvalue weighted by Gasteiger charge is -2.09. The number of ether oxygens (including phenoxy) is 2. The van der Waals surface area contributed by atoms with Gasteiger partial charge in [0, 0.05) is 17.3 Å². The van der Waals surface area contributed by atoms with Gasteiger partial charge >= 0.3 is 11.9 Å². The molecule has 0 amide bonds. The summed E-state index contributed by atoms with van der Waals surface area (Å²) in [6, 6.07) is 9.20. The zero-order valence-corrected chi connectivity index (χ0v) is 13.5. The van der Waals surface area contributed by atoms with Gasteiger partial charge in [-0.3, -0.25) is 4.99 Å². The second kappa shape index (κ2) is 7.50. The van der Waals surface area contributed by atoms with Crippen molar-refractivity contribution >= 4 is 23.8 Å². The first-order chi connectivity index (χ1) is 11.5. The Morgan fingerprint density at radius 2 is 1.71 bits per heavy atom. The first-order valence-corrected chi connectivity index (χ1v) is 7.08. The largest absolute Gasteiger partial charge is 0.465 e. The number of nitrogens with zero attached hydrogens (tertiary/aromatic N) is 1. The summed E-state index contributed by atoms with van der Waals surface area (Å²) < 4.78 is 23.0. The summed E-state index contributed by atoms with van der Waals surface area (Å²) in [6.07, 6.45) is 1.39. The molecule has 0 radical (unpaired) electrons. The maximum Gasteiger partial charge on any atom is 0.339 e. The first kappa shape index (κ1) is 17.3. The van der Waals surface area contributed by atoms with Crippen molar-refractivity contribution in [3.05, 3.63) is 64.5 Å². The molecular weight excluding hydrogens is 313 g/mol. The van der Waals surface area contributed by atoms with E-state index in [1.165, 1.54) is 32.6 Å². The third-order valence-electron chi connectivity index (χ3n) is 3.47. The maximum absolute atomic E-state index is 13.6. The van der Waals surface area contributed by atoms with E-state index in [0.29, 0.717) is 16.8 Å². The lowest BCUT2D eigenvalue weighted by Crippen LogP contribution is -2.14. The van der Waals surface area contributed by atoms with E-state index < -0.39 is 11.9 Å². The van der Waals surface area contributed by atoms with Gasteiger partial charge < -0.3 is 9.47 Å². The Morgan fingerprint density at radius 3 is 2.38 bits per heavy atom. The quantitative estimate of drug-likeness (QED) is 0.636. The molecule has 0 aromatic heterocycles. The topological polar surface area (TPSA) is 65.0 Å². The molecule has 0 heterocycles. The minimum absolute atomic E-state index is 0.0460. The average Bonchev–Trinajstić information content (AvgIpc) is 2.61. The van der Waals surface area contributed by atoms with Gasteiger partial charge in [0.2, 0.25) is 0 Å². The number of esters is 2. The molecule has 5 nitrogen and oxygen atoms in total. The molecule has 0 aliphatic carbocycles. The van der Waals surface area contributed by atoms with Crippen molar-refractivity contribution in [1.82, 2.24) is 0 Å². The number of methoxy groups -OCH3 is 2. The number of carbonyl (C=O) groups is 2. The van der Waals surface area contributed by atoms with E-state index in [9.17, 15) is 14.0 Å². The van der Waals surface area contributed by atoms with Crippen LogP contribution in [0.4, 0.5) is 10.1 Å². The predicted molar refractivity (Wildman–Crippen MR) is 87.5 cm³/mol. The molecular formula is C18H16FNO4. The van der Waals surface area contributed by atoms with Crippen LogP contribution < -0.4 is 0 Å². The standard InChI is InChI=1S/C18H16FNO4/c1-11-14(19)8-5-9-15(11)20-10-12-6-4-7-13(17(21)23-2)16(12)18(22)24-3/h4-10H,1-3H3/b20-10-. The van der Waals surface area contributed by atoms with Crippen molar-refractivity contribution in [3.8, 4) is 0 Å². The van der Waals surface area contributed by atoms with Gasteiger partial charge in [0.05, 0.1) is 31.0 Å². The van der Waals surface area contributed by atoms with E-state index in [0.717, 1.165) is 0 Å². The van der Waals surface area contributed by atoms with E-state index in [1.807, 2.05) is 0 Å². The second-order valence-corrected chi connectivity index (χ2v) is 4.90. The number of rotatable bonds is 4. The first-order valence-electron chi connectivity index (χ1n) is 7.08. The van der Waals surface area contributed by atoms with E-state index in [4.69, 9.17) is 4.74 Å². The molecule has 0 saturated heterocycles. The highest BCUT2D eigenvalue weighted by Gasteiger charge is 2.21.